The minimum atomic E-state index is -2.92. The van der Waals surface area contributed by atoms with E-state index in [2.05, 4.69) is 0 Å². The van der Waals surface area contributed by atoms with E-state index in [0.29, 0.717) is 0 Å². The van der Waals surface area contributed by atoms with Crippen molar-refractivity contribution in [1.82, 2.24) is 0 Å². The van der Waals surface area contributed by atoms with E-state index in [0.717, 1.165) is 0 Å². The monoisotopic (exact) mass is 1200 g/mol. The molecule has 19 heavy (non-hydrogen) atoms. The Hall–Kier alpha value is 12.0. The Balaban J connectivity index is -0.000000000429. The summed E-state index contributed by atoms with van der Waals surface area (Å²) in [6.07, 6.45) is 0. The molecule has 3 nitrogen and oxygen atoms in total. The molecule has 0 amide bonds. The van der Waals surface area contributed by atoms with Gasteiger partial charge in [-0.25, -0.2) is 0 Å². The van der Waals surface area contributed by atoms with Gasteiger partial charge in [0.15, 0.2) is 0 Å². The van der Waals surface area contributed by atoms with Gasteiger partial charge >= 0.3 is 293 Å². The van der Waals surface area contributed by atoms with E-state index in [-0.39, 0.29) is 405 Å². The number of rotatable bonds is 0. The first-order valence-corrected chi connectivity index (χ1v) is 0.707. The Bertz CT molecular complexity index is 36.7. The molecule has 0 saturated heterocycles. The van der Waals surface area contributed by atoms with Gasteiger partial charge in [-0.05, 0) is 0 Å². The van der Waals surface area contributed by atoms with Crippen LogP contribution in [0.2, 0.25) is 0 Å². The van der Waals surface area contributed by atoms with Crippen LogP contribution in [0.25, 0.3) is 0 Å². The van der Waals surface area contributed by atoms with Crippen LogP contribution in [0.4, 0.5) is 0 Å². The molecule has 0 aliphatic carbocycles. The molecule has 0 aliphatic heterocycles. The summed E-state index contributed by atoms with van der Waals surface area (Å²) >= 11 is 0. The van der Waals surface area contributed by atoms with Gasteiger partial charge in [0.1, 0.15) is 0 Å². The molecule has 0 bridgehead atoms. The van der Waals surface area contributed by atoms with Crippen LogP contribution in [0.1, 0.15) is 0 Å². The number of halogens is 9. The van der Waals surface area contributed by atoms with E-state index < -0.39 is 7.32 Å². The third-order valence-electron chi connectivity index (χ3n) is 0. The van der Waals surface area contributed by atoms with Gasteiger partial charge in [-0.1, -0.05) is 0 Å². The Kier molecular flexibility index (Phi) is 733. The first kappa shape index (κ1) is 124. The average molecular weight is 1200 g/mol. The summed E-state index contributed by atoms with van der Waals surface area (Å²) in [6, 6.07) is 0. The maximum Gasteiger partial charge on any atom is 2.00 e. The topological polar surface area (TPSA) is 69.2 Å². The standard InChI is InChI=1S/BO3.6Ba.9ClH/c2-1(3)4;;;;;;;;;;;;;;;/h;;;;;;;9*1H/q-3;6*+2;;;;;;;;;/p-9. The summed E-state index contributed by atoms with van der Waals surface area (Å²) in [7, 11) is -2.92. The molecule has 0 aromatic rings. The van der Waals surface area contributed by atoms with Gasteiger partial charge in [0.25, 0.3) is 0 Å². The quantitative estimate of drug-likeness (QED) is 0.227. The SMILES string of the molecule is [Ba+2].[Ba+2].[Ba+2].[Ba+2].[Ba+2].[Ba+2].[Cl-].[Cl-].[Cl-].[Cl-].[Cl-].[Cl-].[Cl-].[Cl-].[Cl-].[O-]B([O-])[O-]. The second kappa shape index (κ2) is 112. The minimum Gasteiger partial charge on any atom is -1.00 e. The molecular weight excluding hydrogens is 1200 g/mol. The van der Waals surface area contributed by atoms with Gasteiger partial charge in [0.2, 0.25) is 0 Å². The van der Waals surface area contributed by atoms with Crippen molar-refractivity contribution in [3.05, 3.63) is 0 Å². The molecule has 0 radical (unpaired) electrons. The van der Waals surface area contributed by atoms with E-state index in [1.54, 1.807) is 0 Å². The first-order valence-electron chi connectivity index (χ1n) is 0.707. The zero-order valence-corrected chi connectivity index (χ0v) is 42.9. The Labute approximate surface area is 413 Å². The Morgan fingerprint density at radius 3 is 0.316 bits per heavy atom. The predicted molar refractivity (Wildman–Crippen MR) is 40.3 cm³/mol. The zero-order valence-electron chi connectivity index (χ0n) is 9.45. The van der Waals surface area contributed by atoms with Crippen molar-refractivity contribution in [3.63, 3.8) is 0 Å². The molecular formula is BBa6Cl9O3. The average Bonchev–Trinajstić information content (AvgIpc) is 0.811. The van der Waals surface area contributed by atoms with Crippen molar-refractivity contribution in [2.45, 2.75) is 0 Å². The summed E-state index contributed by atoms with van der Waals surface area (Å²) in [5.41, 5.74) is 0. The van der Waals surface area contributed by atoms with Crippen molar-refractivity contribution in [2.24, 2.45) is 0 Å². The van der Waals surface area contributed by atoms with Crippen molar-refractivity contribution in [1.29, 1.82) is 0 Å². The van der Waals surface area contributed by atoms with Crippen LogP contribution < -0.4 is 127 Å². The first-order chi connectivity index (χ1) is 1.73. The van der Waals surface area contributed by atoms with Gasteiger partial charge in [-0.3, -0.25) is 7.32 Å². The largest absolute Gasteiger partial charge is 2.00 e. The molecule has 0 N–H and O–H groups in total. The number of hydrogen-bond acceptors (Lipinski definition) is 3. The fourth-order valence-electron chi connectivity index (χ4n) is 0. The summed E-state index contributed by atoms with van der Waals surface area (Å²) in [6.45, 7) is 0. The maximum atomic E-state index is 8.42. The van der Waals surface area contributed by atoms with E-state index in [9.17, 15) is 0 Å². The van der Waals surface area contributed by atoms with Gasteiger partial charge in [0, 0.05) is 0 Å². The van der Waals surface area contributed by atoms with Crippen LogP contribution >= 0.6 is 0 Å². The van der Waals surface area contributed by atoms with Crippen molar-refractivity contribution in [3.8, 4) is 0 Å². The van der Waals surface area contributed by atoms with Crippen LogP contribution in [0, 0.1) is 0 Å². The molecule has 19 heteroatoms. The molecule has 0 fully saturated rings. The molecule has 0 saturated carbocycles. The normalized spacial score (nSPS) is 1.42. The van der Waals surface area contributed by atoms with E-state index >= 15 is 0 Å². The second-order valence-corrected chi connectivity index (χ2v) is 0.289. The molecule has 0 atom stereocenters. The van der Waals surface area contributed by atoms with E-state index in [4.69, 9.17) is 15.1 Å². The molecule has 0 aliphatic rings. The maximum absolute atomic E-state index is 8.42. The van der Waals surface area contributed by atoms with Crippen molar-refractivity contribution < 1.29 is 127 Å². The fourth-order valence-corrected chi connectivity index (χ4v) is 0. The molecule has 0 aromatic heterocycles. The Morgan fingerprint density at radius 1 is 0.316 bits per heavy atom. The van der Waals surface area contributed by atoms with Crippen molar-refractivity contribution >= 4 is 301 Å². The van der Waals surface area contributed by atoms with E-state index in [1.807, 2.05) is 0 Å². The smallest absolute Gasteiger partial charge is 1.00 e. The minimum absolute atomic E-state index is 0. The van der Waals surface area contributed by atoms with Gasteiger partial charge in [0.05, 0.1) is 0 Å². The van der Waals surface area contributed by atoms with Crippen LogP contribution in [-0.4, -0.2) is 301 Å². The summed E-state index contributed by atoms with van der Waals surface area (Å²) in [5.74, 6) is 0. The summed E-state index contributed by atoms with van der Waals surface area (Å²) < 4.78 is 0. The molecule has 96 valence electrons. The third-order valence-corrected chi connectivity index (χ3v) is 0. The van der Waals surface area contributed by atoms with Crippen LogP contribution in [0.15, 0.2) is 0 Å². The molecule has 0 heterocycles. The van der Waals surface area contributed by atoms with Gasteiger partial charge < -0.3 is 127 Å². The molecule has 0 aromatic carbocycles. The van der Waals surface area contributed by atoms with Crippen LogP contribution in [0.5, 0.6) is 0 Å². The Morgan fingerprint density at radius 2 is 0.316 bits per heavy atom. The van der Waals surface area contributed by atoms with Crippen molar-refractivity contribution in [2.75, 3.05) is 0 Å². The molecule has 0 rings (SSSR count). The zero-order chi connectivity index (χ0) is 3.58. The number of hydrogen-bond donors (Lipinski definition) is 0. The van der Waals surface area contributed by atoms with E-state index in [1.165, 1.54) is 0 Å². The third kappa shape index (κ3) is 164. The van der Waals surface area contributed by atoms with Gasteiger partial charge in [-0.2, -0.15) is 0 Å². The van der Waals surface area contributed by atoms with Gasteiger partial charge in [-0.15, -0.1) is 0 Å². The second-order valence-electron chi connectivity index (χ2n) is 0.289. The predicted octanol–water partition coefficient (Wildman–Crippen LogP) is -33.2. The molecule has 0 spiro atoms. The summed E-state index contributed by atoms with van der Waals surface area (Å²) in [4.78, 5) is 0. The summed E-state index contributed by atoms with van der Waals surface area (Å²) in [5, 5.41) is 25.2. The fraction of sp³-hybridized carbons (Fsp3) is 0. The molecule has 0 unspecified atom stereocenters. The van der Waals surface area contributed by atoms with Crippen LogP contribution in [0.3, 0.4) is 0 Å². The van der Waals surface area contributed by atoms with Crippen LogP contribution in [-0.2, 0) is 0 Å².